The molecule has 2 aromatic rings. The minimum absolute atomic E-state index is 0. The summed E-state index contributed by atoms with van der Waals surface area (Å²) in [5, 5.41) is 3.58. The van der Waals surface area contributed by atoms with Crippen LogP contribution in [0.15, 0.2) is 54.9 Å². The highest BCUT2D eigenvalue weighted by atomic mass is 35.5. The van der Waals surface area contributed by atoms with Gasteiger partial charge in [-0.15, -0.1) is 37.2 Å². The lowest BCUT2D eigenvalue weighted by Crippen LogP contribution is -2.36. The predicted molar refractivity (Wildman–Crippen MR) is 112 cm³/mol. The van der Waals surface area contributed by atoms with Gasteiger partial charge in [0.2, 0.25) is 0 Å². The minimum atomic E-state index is 0. The largest absolute Gasteiger partial charge is 0.312 e. The number of hydrogen-bond donors (Lipinski definition) is 1. The number of likely N-dealkylation sites (tertiary alicyclic amines) is 1. The van der Waals surface area contributed by atoms with Crippen LogP contribution in [0, 0.1) is 5.92 Å². The Morgan fingerprint density at radius 1 is 0.920 bits per heavy atom. The molecular weight excluding hydrogens is 377 g/mol. The Morgan fingerprint density at radius 3 is 2.24 bits per heavy atom. The van der Waals surface area contributed by atoms with Gasteiger partial charge in [0.05, 0.1) is 0 Å². The maximum atomic E-state index is 4.15. The molecule has 0 radical (unpaired) electrons. The molecule has 0 spiro atoms. The topological polar surface area (TPSA) is 28.2 Å². The van der Waals surface area contributed by atoms with Gasteiger partial charge in [-0.25, -0.2) is 0 Å². The van der Waals surface area contributed by atoms with Crippen LogP contribution < -0.4 is 5.32 Å². The van der Waals surface area contributed by atoms with Crippen molar-refractivity contribution in [3.8, 4) is 0 Å². The van der Waals surface area contributed by atoms with E-state index in [4.69, 9.17) is 0 Å². The van der Waals surface area contributed by atoms with Crippen molar-refractivity contribution in [3.63, 3.8) is 0 Å². The molecular formula is C19H28Cl3N3. The first-order valence-electron chi connectivity index (χ1n) is 8.26. The molecule has 0 atom stereocenters. The van der Waals surface area contributed by atoms with Gasteiger partial charge in [-0.05, 0) is 55.6 Å². The summed E-state index contributed by atoms with van der Waals surface area (Å²) in [6.07, 6.45) is 6.36. The van der Waals surface area contributed by atoms with Crippen molar-refractivity contribution in [1.29, 1.82) is 0 Å². The third-order valence-corrected chi connectivity index (χ3v) is 4.44. The zero-order valence-electron chi connectivity index (χ0n) is 14.3. The lowest BCUT2D eigenvalue weighted by atomic mass is 9.96. The molecule has 1 saturated heterocycles. The number of hydrogen-bond acceptors (Lipinski definition) is 3. The number of pyridine rings is 1. The molecule has 0 amide bonds. The van der Waals surface area contributed by atoms with Crippen LogP contribution in [0.3, 0.4) is 0 Å². The Bertz CT molecular complexity index is 546. The molecule has 1 N–H and O–H groups in total. The molecule has 3 nitrogen and oxygen atoms in total. The van der Waals surface area contributed by atoms with Crippen molar-refractivity contribution in [1.82, 2.24) is 15.2 Å². The first kappa shape index (κ1) is 24.2. The molecule has 0 bridgehead atoms. The van der Waals surface area contributed by atoms with Crippen molar-refractivity contribution < 1.29 is 0 Å². The van der Waals surface area contributed by atoms with E-state index in [1.54, 1.807) is 0 Å². The number of aromatic nitrogens is 1. The van der Waals surface area contributed by atoms with Gasteiger partial charge in [0, 0.05) is 25.5 Å². The summed E-state index contributed by atoms with van der Waals surface area (Å²) in [7, 11) is 0. The zero-order chi connectivity index (χ0) is 15.0. The second-order valence-corrected chi connectivity index (χ2v) is 6.20. The normalized spacial score (nSPS) is 14.7. The Morgan fingerprint density at radius 2 is 1.60 bits per heavy atom. The molecule has 0 saturated carbocycles. The van der Waals surface area contributed by atoms with Crippen LogP contribution in [0.4, 0.5) is 0 Å². The Balaban J connectivity index is 0.00000192. The zero-order valence-corrected chi connectivity index (χ0v) is 16.8. The van der Waals surface area contributed by atoms with Crippen LogP contribution in [0.1, 0.15) is 24.0 Å². The van der Waals surface area contributed by atoms with Crippen LogP contribution in [0.25, 0.3) is 0 Å². The lowest BCUT2D eigenvalue weighted by Gasteiger charge is -2.32. The molecule has 0 aliphatic carbocycles. The SMILES string of the molecule is Cl.Cl.Cl.c1ccc(CN2CCC(CNCc3cccnc3)CC2)cc1. The Hall–Kier alpha value is -0.840. The first-order chi connectivity index (χ1) is 10.9. The van der Waals surface area contributed by atoms with E-state index >= 15 is 0 Å². The van der Waals surface area contributed by atoms with E-state index < -0.39 is 0 Å². The summed E-state index contributed by atoms with van der Waals surface area (Å²) in [4.78, 5) is 6.73. The minimum Gasteiger partial charge on any atom is -0.312 e. The van der Waals surface area contributed by atoms with Gasteiger partial charge >= 0.3 is 0 Å². The number of piperidine rings is 1. The van der Waals surface area contributed by atoms with Crippen LogP contribution >= 0.6 is 37.2 Å². The van der Waals surface area contributed by atoms with E-state index in [-0.39, 0.29) is 37.2 Å². The fourth-order valence-electron chi connectivity index (χ4n) is 3.11. The number of benzene rings is 1. The average Bonchev–Trinajstić information content (AvgIpc) is 2.58. The molecule has 140 valence electrons. The molecule has 1 aliphatic rings. The number of nitrogens with one attached hydrogen (secondary N) is 1. The van der Waals surface area contributed by atoms with Crippen LogP contribution in [-0.4, -0.2) is 29.5 Å². The van der Waals surface area contributed by atoms with Crippen LogP contribution in [-0.2, 0) is 13.1 Å². The Labute approximate surface area is 169 Å². The summed E-state index contributed by atoms with van der Waals surface area (Å²) in [6, 6.07) is 14.9. The molecule has 1 fully saturated rings. The van der Waals surface area contributed by atoms with Gasteiger partial charge in [0.25, 0.3) is 0 Å². The molecule has 0 unspecified atom stereocenters. The van der Waals surface area contributed by atoms with Gasteiger partial charge in [-0.3, -0.25) is 9.88 Å². The van der Waals surface area contributed by atoms with Gasteiger partial charge in [-0.1, -0.05) is 36.4 Å². The van der Waals surface area contributed by atoms with Crippen molar-refractivity contribution >= 4 is 37.2 Å². The number of rotatable bonds is 6. The third kappa shape index (κ3) is 8.39. The van der Waals surface area contributed by atoms with Gasteiger partial charge in [0.1, 0.15) is 0 Å². The van der Waals surface area contributed by atoms with Gasteiger partial charge in [0.15, 0.2) is 0 Å². The third-order valence-electron chi connectivity index (χ3n) is 4.44. The van der Waals surface area contributed by atoms with E-state index in [0.29, 0.717) is 0 Å². The fourth-order valence-corrected chi connectivity index (χ4v) is 3.11. The molecule has 25 heavy (non-hydrogen) atoms. The van der Waals surface area contributed by atoms with E-state index in [9.17, 15) is 0 Å². The van der Waals surface area contributed by atoms with Gasteiger partial charge in [-0.2, -0.15) is 0 Å². The Kier molecular flexibility index (Phi) is 12.9. The van der Waals surface area contributed by atoms with Crippen LogP contribution in [0.5, 0.6) is 0 Å². The second kappa shape index (κ2) is 13.4. The van der Waals surface area contributed by atoms with Crippen molar-refractivity contribution in [2.24, 2.45) is 5.92 Å². The van der Waals surface area contributed by atoms with Crippen molar-refractivity contribution in [2.75, 3.05) is 19.6 Å². The number of nitrogens with zero attached hydrogens (tertiary/aromatic N) is 2. The molecule has 2 heterocycles. The maximum Gasteiger partial charge on any atom is 0.0312 e. The summed E-state index contributed by atoms with van der Waals surface area (Å²) >= 11 is 0. The smallest absolute Gasteiger partial charge is 0.0312 e. The summed E-state index contributed by atoms with van der Waals surface area (Å²) in [5.41, 5.74) is 2.69. The summed E-state index contributed by atoms with van der Waals surface area (Å²) in [5.74, 6) is 0.809. The first-order valence-corrected chi connectivity index (χ1v) is 8.26. The van der Waals surface area contributed by atoms with Crippen molar-refractivity contribution in [2.45, 2.75) is 25.9 Å². The van der Waals surface area contributed by atoms with Crippen LogP contribution in [0.2, 0.25) is 0 Å². The quantitative estimate of drug-likeness (QED) is 0.776. The highest BCUT2D eigenvalue weighted by Crippen LogP contribution is 2.18. The maximum absolute atomic E-state index is 4.15. The highest BCUT2D eigenvalue weighted by Gasteiger charge is 2.18. The molecule has 1 aromatic carbocycles. The van der Waals surface area contributed by atoms with E-state index in [1.807, 2.05) is 18.5 Å². The monoisotopic (exact) mass is 403 g/mol. The molecule has 6 heteroatoms. The summed E-state index contributed by atoms with van der Waals surface area (Å²) in [6.45, 7) is 5.57. The molecule has 3 rings (SSSR count). The van der Waals surface area contributed by atoms with E-state index in [2.05, 4.69) is 51.6 Å². The second-order valence-electron chi connectivity index (χ2n) is 6.20. The summed E-state index contributed by atoms with van der Waals surface area (Å²) < 4.78 is 0. The molecule has 1 aromatic heterocycles. The predicted octanol–water partition coefficient (Wildman–Crippen LogP) is 4.35. The molecule has 1 aliphatic heterocycles. The van der Waals surface area contributed by atoms with E-state index in [0.717, 1.165) is 25.6 Å². The highest BCUT2D eigenvalue weighted by molar-refractivity contribution is 5.86. The number of halogens is 3. The van der Waals surface area contributed by atoms with Gasteiger partial charge < -0.3 is 5.32 Å². The fraction of sp³-hybridized carbons (Fsp3) is 0.421. The lowest BCUT2D eigenvalue weighted by molar-refractivity contribution is 0.175. The van der Waals surface area contributed by atoms with Crippen molar-refractivity contribution in [3.05, 3.63) is 66.0 Å². The van der Waals surface area contributed by atoms with E-state index in [1.165, 1.54) is 37.1 Å². The average molecular weight is 405 g/mol. The standard InChI is InChI=1S/C19H25N3.3ClH/c1-2-5-18(6-3-1)16-22-11-8-17(9-12-22)13-21-15-19-7-4-10-20-14-19;;;/h1-7,10,14,17,21H,8-9,11-13,15-16H2;3*1H.